The van der Waals surface area contributed by atoms with Crippen LogP contribution in [0, 0.1) is 0 Å². The van der Waals surface area contributed by atoms with Crippen LogP contribution in [0.3, 0.4) is 0 Å². The van der Waals surface area contributed by atoms with Gasteiger partial charge in [-0.05, 0) is 7.05 Å². The highest BCUT2D eigenvalue weighted by Crippen LogP contribution is 2.09. The minimum Gasteiger partial charge on any atom is -0.389 e. The van der Waals surface area contributed by atoms with Gasteiger partial charge >= 0.3 is 0 Å². The van der Waals surface area contributed by atoms with Crippen molar-refractivity contribution in [1.29, 1.82) is 0 Å². The van der Waals surface area contributed by atoms with Gasteiger partial charge in [0.15, 0.2) is 0 Å². The number of aliphatic hydroxyl groups excluding tert-OH is 1. The molecule has 2 nitrogen and oxygen atoms in total. The highest BCUT2D eigenvalue weighted by Gasteiger charge is 2.28. The molecule has 0 radical (unpaired) electrons. The average molecular weight is 119 g/mol. The molecule has 1 aliphatic heterocycles. The summed E-state index contributed by atoms with van der Waals surface area (Å²) in [6, 6.07) is 0. The molecule has 0 aliphatic carbocycles. The molecule has 0 amide bonds. The maximum absolute atomic E-state index is 12.3. The number of aliphatic hydroxyl groups is 1. The molecule has 1 heterocycles. The number of hydrogen-bond acceptors (Lipinski definition) is 2. The number of hydrogen-bond donors (Lipinski definition) is 1. The van der Waals surface area contributed by atoms with Crippen LogP contribution in [-0.2, 0) is 0 Å². The van der Waals surface area contributed by atoms with E-state index in [2.05, 4.69) is 0 Å². The molecule has 0 unspecified atom stereocenters. The molecule has 1 rings (SSSR count). The first-order valence-electron chi connectivity index (χ1n) is 2.71. The Hall–Kier alpha value is -0.150. The van der Waals surface area contributed by atoms with Gasteiger partial charge in [-0.1, -0.05) is 0 Å². The Bertz CT molecular complexity index is 78.5. The van der Waals surface area contributed by atoms with E-state index in [1.54, 1.807) is 11.9 Å². The van der Waals surface area contributed by atoms with E-state index in [0.29, 0.717) is 13.1 Å². The fourth-order valence-corrected chi connectivity index (χ4v) is 0.928. The molecule has 0 saturated carbocycles. The first-order chi connectivity index (χ1) is 3.70. The van der Waals surface area contributed by atoms with Gasteiger partial charge in [-0.15, -0.1) is 0 Å². The van der Waals surface area contributed by atoms with Crippen LogP contribution >= 0.6 is 0 Å². The normalized spacial score (nSPS) is 40.9. The Morgan fingerprint density at radius 2 is 2.25 bits per heavy atom. The third-order valence-corrected chi connectivity index (χ3v) is 1.40. The zero-order chi connectivity index (χ0) is 6.15. The molecule has 3 heteroatoms. The fourth-order valence-electron chi connectivity index (χ4n) is 0.928. The summed E-state index contributed by atoms with van der Waals surface area (Å²) in [5.74, 6) is 0. The van der Waals surface area contributed by atoms with E-state index in [4.69, 9.17) is 5.11 Å². The molecule has 0 bridgehead atoms. The summed E-state index contributed by atoms with van der Waals surface area (Å²) in [5, 5.41) is 8.75. The standard InChI is InChI=1S/C5H10FNO/c1-7-2-4(6)5(8)3-7/h4-5,8H,2-3H2,1H3/t4-,5-/m0/s1. The van der Waals surface area contributed by atoms with Crippen molar-refractivity contribution in [3.8, 4) is 0 Å². The summed E-state index contributed by atoms with van der Waals surface area (Å²) in [5.41, 5.74) is 0. The third-order valence-electron chi connectivity index (χ3n) is 1.40. The highest BCUT2D eigenvalue weighted by molar-refractivity contribution is 4.80. The lowest BCUT2D eigenvalue weighted by molar-refractivity contribution is 0.116. The molecule has 8 heavy (non-hydrogen) atoms. The number of likely N-dealkylation sites (tertiary alicyclic amines) is 1. The van der Waals surface area contributed by atoms with Crippen molar-refractivity contribution in [2.24, 2.45) is 0 Å². The maximum atomic E-state index is 12.3. The fraction of sp³-hybridized carbons (Fsp3) is 1.00. The van der Waals surface area contributed by atoms with E-state index < -0.39 is 12.3 Å². The van der Waals surface area contributed by atoms with Crippen LogP contribution in [0.15, 0.2) is 0 Å². The van der Waals surface area contributed by atoms with Crippen molar-refractivity contribution in [2.45, 2.75) is 12.3 Å². The molecule has 0 aromatic carbocycles. The Morgan fingerprint density at radius 3 is 2.38 bits per heavy atom. The summed E-state index contributed by atoms with van der Waals surface area (Å²) < 4.78 is 12.3. The van der Waals surface area contributed by atoms with Crippen LogP contribution in [0.4, 0.5) is 4.39 Å². The monoisotopic (exact) mass is 119 g/mol. The van der Waals surface area contributed by atoms with Gasteiger partial charge in [0.25, 0.3) is 0 Å². The van der Waals surface area contributed by atoms with Gasteiger partial charge in [-0.3, -0.25) is 0 Å². The van der Waals surface area contributed by atoms with Crippen molar-refractivity contribution < 1.29 is 9.50 Å². The lowest BCUT2D eigenvalue weighted by Crippen LogP contribution is -2.18. The summed E-state index contributed by atoms with van der Waals surface area (Å²) in [4.78, 5) is 1.77. The zero-order valence-corrected chi connectivity index (χ0v) is 4.84. The topological polar surface area (TPSA) is 23.5 Å². The Labute approximate surface area is 47.9 Å². The molecule has 1 N–H and O–H groups in total. The molecule has 48 valence electrons. The van der Waals surface area contributed by atoms with Gasteiger partial charge < -0.3 is 10.0 Å². The summed E-state index contributed by atoms with van der Waals surface area (Å²) >= 11 is 0. The van der Waals surface area contributed by atoms with E-state index in [1.807, 2.05) is 0 Å². The lowest BCUT2D eigenvalue weighted by Gasteiger charge is -2.01. The minimum absolute atomic E-state index is 0.376. The quantitative estimate of drug-likeness (QED) is 0.470. The minimum atomic E-state index is -1.03. The first-order valence-corrected chi connectivity index (χ1v) is 2.71. The van der Waals surface area contributed by atoms with Crippen molar-refractivity contribution in [3.05, 3.63) is 0 Å². The van der Waals surface area contributed by atoms with Crippen molar-refractivity contribution in [2.75, 3.05) is 20.1 Å². The molecule has 0 aromatic heterocycles. The van der Waals surface area contributed by atoms with Crippen LogP contribution in [0.25, 0.3) is 0 Å². The Morgan fingerprint density at radius 1 is 1.62 bits per heavy atom. The number of rotatable bonds is 0. The van der Waals surface area contributed by atoms with Gasteiger partial charge in [0.2, 0.25) is 0 Å². The van der Waals surface area contributed by atoms with Gasteiger partial charge in [-0.2, -0.15) is 0 Å². The molecule has 1 saturated heterocycles. The van der Waals surface area contributed by atoms with Gasteiger partial charge in [-0.25, -0.2) is 4.39 Å². The van der Waals surface area contributed by atoms with Crippen molar-refractivity contribution >= 4 is 0 Å². The molecule has 2 atom stereocenters. The van der Waals surface area contributed by atoms with Crippen molar-refractivity contribution in [3.63, 3.8) is 0 Å². The molecular weight excluding hydrogens is 109 g/mol. The number of β-amino-alcohol motifs (C(OH)–C–C–N with tert-alkyl or cyclic N) is 1. The van der Waals surface area contributed by atoms with Crippen LogP contribution in [-0.4, -0.2) is 42.4 Å². The summed E-state index contributed by atoms with van der Waals surface area (Å²) in [7, 11) is 1.79. The second kappa shape index (κ2) is 1.99. The molecule has 0 spiro atoms. The predicted molar refractivity (Wildman–Crippen MR) is 28.4 cm³/mol. The van der Waals surface area contributed by atoms with Crippen LogP contribution in [0.2, 0.25) is 0 Å². The van der Waals surface area contributed by atoms with E-state index in [-0.39, 0.29) is 0 Å². The number of nitrogens with zero attached hydrogens (tertiary/aromatic N) is 1. The van der Waals surface area contributed by atoms with E-state index >= 15 is 0 Å². The van der Waals surface area contributed by atoms with Crippen LogP contribution in [0.5, 0.6) is 0 Å². The number of likely N-dealkylation sites (N-methyl/N-ethyl adjacent to an activating group) is 1. The molecule has 1 fully saturated rings. The van der Waals surface area contributed by atoms with Crippen LogP contribution < -0.4 is 0 Å². The molecule has 0 aromatic rings. The van der Waals surface area contributed by atoms with Gasteiger partial charge in [0.1, 0.15) is 6.17 Å². The Kier molecular flexibility index (Phi) is 1.49. The smallest absolute Gasteiger partial charge is 0.140 e. The first kappa shape index (κ1) is 5.98. The maximum Gasteiger partial charge on any atom is 0.140 e. The van der Waals surface area contributed by atoms with Crippen molar-refractivity contribution in [1.82, 2.24) is 4.90 Å². The average Bonchev–Trinajstić information content (AvgIpc) is 1.85. The number of alkyl halides is 1. The molecular formula is C5H10FNO. The predicted octanol–water partition coefficient (Wildman–Crippen LogP) is -0.369. The van der Waals surface area contributed by atoms with E-state index in [1.165, 1.54) is 0 Å². The number of halogens is 1. The van der Waals surface area contributed by atoms with Gasteiger partial charge in [0, 0.05) is 13.1 Å². The summed E-state index contributed by atoms with van der Waals surface area (Å²) in [6.07, 6.45) is -1.78. The largest absolute Gasteiger partial charge is 0.389 e. The van der Waals surface area contributed by atoms with Gasteiger partial charge in [0.05, 0.1) is 6.10 Å². The SMILES string of the molecule is CN1C[C@H](O)[C@@H](F)C1. The zero-order valence-electron chi connectivity index (χ0n) is 4.84. The second-order valence-corrected chi connectivity index (χ2v) is 2.30. The van der Waals surface area contributed by atoms with Crippen LogP contribution in [0.1, 0.15) is 0 Å². The van der Waals surface area contributed by atoms with E-state index in [9.17, 15) is 4.39 Å². The second-order valence-electron chi connectivity index (χ2n) is 2.30. The highest BCUT2D eigenvalue weighted by atomic mass is 19.1. The molecule has 1 aliphatic rings. The Balaban J connectivity index is 2.39. The lowest BCUT2D eigenvalue weighted by atomic mass is 10.3. The van der Waals surface area contributed by atoms with E-state index in [0.717, 1.165) is 0 Å². The third kappa shape index (κ3) is 0.980. The summed E-state index contributed by atoms with van der Waals surface area (Å²) in [6.45, 7) is 0.850.